The second kappa shape index (κ2) is 4.56. The van der Waals surface area contributed by atoms with Crippen LogP contribution < -0.4 is 5.32 Å². The number of amides is 1. The quantitative estimate of drug-likeness (QED) is 0.925. The number of carbonyl (C=O) groups is 1. The van der Waals surface area contributed by atoms with Crippen LogP contribution in [0.3, 0.4) is 0 Å². The number of carbonyl (C=O) groups excluding carboxylic acids is 1. The Hall–Kier alpha value is -1.91. The molecule has 0 atom stereocenters. The highest BCUT2D eigenvalue weighted by atomic mass is 19.1. The largest absolute Gasteiger partial charge is 0.345 e. The van der Waals surface area contributed by atoms with Crippen molar-refractivity contribution in [2.75, 3.05) is 0 Å². The van der Waals surface area contributed by atoms with Gasteiger partial charge in [0.2, 0.25) is 0 Å². The Morgan fingerprint density at radius 2 is 1.78 bits per heavy atom. The molecule has 4 aliphatic rings. The topological polar surface area (TPSA) is 46.4 Å². The molecule has 0 unspecified atom stereocenters. The van der Waals surface area contributed by atoms with E-state index >= 15 is 0 Å². The molecule has 4 aliphatic carbocycles. The molecule has 4 nitrogen and oxygen atoms in total. The molecule has 2 heterocycles. The summed E-state index contributed by atoms with van der Waals surface area (Å²) in [5.74, 6) is 1.92. The fourth-order valence-electron chi connectivity index (χ4n) is 5.64. The first kappa shape index (κ1) is 13.5. The summed E-state index contributed by atoms with van der Waals surface area (Å²) < 4.78 is 14.9. The molecule has 0 radical (unpaired) electrons. The van der Waals surface area contributed by atoms with Gasteiger partial charge >= 0.3 is 0 Å². The highest BCUT2D eigenvalue weighted by Crippen LogP contribution is 2.55. The molecule has 23 heavy (non-hydrogen) atoms. The molecule has 6 rings (SSSR count). The van der Waals surface area contributed by atoms with E-state index in [0.717, 1.165) is 37.0 Å². The van der Waals surface area contributed by atoms with E-state index < -0.39 is 0 Å². The van der Waals surface area contributed by atoms with Gasteiger partial charge in [0, 0.05) is 17.9 Å². The molecule has 2 aromatic rings. The van der Waals surface area contributed by atoms with E-state index in [1.807, 2.05) is 0 Å². The molecule has 5 heteroatoms. The Labute approximate surface area is 134 Å². The molecule has 120 valence electrons. The number of nitrogens with one attached hydrogen (secondary N) is 1. The number of hydrogen-bond acceptors (Lipinski definition) is 2. The van der Waals surface area contributed by atoms with Crippen molar-refractivity contribution in [2.24, 2.45) is 17.8 Å². The SMILES string of the molecule is O=C(NC12CC3CC(CC(C3)C1)C2)c1cn2cc(F)ccc2n1. The number of pyridine rings is 1. The molecule has 4 fully saturated rings. The maximum atomic E-state index is 13.3. The molecule has 4 bridgehead atoms. The Morgan fingerprint density at radius 1 is 1.13 bits per heavy atom. The van der Waals surface area contributed by atoms with Crippen molar-refractivity contribution in [3.05, 3.63) is 36.0 Å². The molecule has 4 saturated carbocycles. The van der Waals surface area contributed by atoms with Gasteiger partial charge in [-0.15, -0.1) is 0 Å². The number of hydrogen-bond donors (Lipinski definition) is 1. The van der Waals surface area contributed by atoms with Crippen LogP contribution in [0.25, 0.3) is 5.65 Å². The van der Waals surface area contributed by atoms with Crippen molar-refractivity contribution in [1.29, 1.82) is 0 Å². The predicted molar refractivity (Wildman–Crippen MR) is 83.5 cm³/mol. The third-order valence-corrected chi connectivity index (χ3v) is 6.06. The summed E-state index contributed by atoms with van der Waals surface area (Å²) in [7, 11) is 0. The fraction of sp³-hybridized carbons (Fsp3) is 0.556. The Morgan fingerprint density at radius 3 is 2.43 bits per heavy atom. The Balaban J connectivity index is 1.42. The molecule has 1 amide bonds. The van der Waals surface area contributed by atoms with Crippen LogP contribution in [0.4, 0.5) is 4.39 Å². The van der Waals surface area contributed by atoms with Crippen molar-refractivity contribution in [3.63, 3.8) is 0 Å². The number of nitrogens with zero attached hydrogens (tertiary/aromatic N) is 2. The van der Waals surface area contributed by atoms with Gasteiger partial charge in [-0.3, -0.25) is 4.79 Å². The molecular weight excluding hydrogens is 293 g/mol. The van der Waals surface area contributed by atoms with Crippen molar-refractivity contribution in [3.8, 4) is 0 Å². The molecule has 0 aromatic carbocycles. The highest BCUT2D eigenvalue weighted by molar-refractivity contribution is 5.93. The maximum absolute atomic E-state index is 13.3. The lowest BCUT2D eigenvalue weighted by atomic mass is 9.53. The van der Waals surface area contributed by atoms with Crippen molar-refractivity contribution in [2.45, 2.75) is 44.1 Å². The predicted octanol–water partition coefficient (Wildman–Crippen LogP) is 3.17. The maximum Gasteiger partial charge on any atom is 0.271 e. The summed E-state index contributed by atoms with van der Waals surface area (Å²) in [5, 5.41) is 3.31. The van der Waals surface area contributed by atoms with E-state index in [-0.39, 0.29) is 17.3 Å². The fourth-order valence-corrected chi connectivity index (χ4v) is 5.64. The number of halogens is 1. The summed E-state index contributed by atoms with van der Waals surface area (Å²) in [6.07, 6.45) is 10.4. The lowest BCUT2D eigenvalue weighted by Gasteiger charge is -2.56. The van der Waals surface area contributed by atoms with E-state index in [2.05, 4.69) is 10.3 Å². The van der Waals surface area contributed by atoms with Crippen molar-refractivity contribution in [1.82, 2.24) is 14.7 Å². The van der Waals surface area contributed by atoms with Gasteiger partial charge in [0.05, 0.1) is 0 Å². The van der Waals surface area contributed by atoms with Crippen LogP contribution in [0.5, 0.6) is 0 Å². The van der Waals surface area contributed by atoms with Crippen LogP contribution >= 0.6 is 0 Å². The van der Waals surface area contributed by atoms with Gasteiger partial charge in [-0.05, 0) is 68.4 Å². The highest BCUT2D eigenvalue weighted by Gasteiger charge is 2.51. The van der Waals surface area contributed by atoms with Crippen LogP contribution in [0.1, 0.15) is 49.0 Å². The standard InChI is InChI=1S/C18H20FN3O/c19-14-1-2-16-20-15(10-22(16)9-14)17(23)21-18-6-11-3-12(7-18)5-13(4-11)8-18/h1-2,9-13H,3-8H2,(H,21,23). The van der Waals surface area contributed by atoms with E-state index in [1.165, 1.54) is 31.5 Å². The van der Waals surface area contributed by atoms with Crippen molar-refractivity contribution >= 4 is 11.6 Å². The zero-order valence-corrected chi connectivity index (χ0v) is 13.0. The van der Waals surface area contributed by atoms with Gasteiger partial charge in [0.1, 0.15) is 17.2 Å². The minimum Gasteiger partial charge on any atom is -0.345 e. The zero-order valence-electron chi connectivity index (χ0n) is 13.0. The Bertz CT molecular complexity index is 761. The smallest absolute Gasteiger partial charge is 0.271 e. The number of fused-ring (bicyclic) bond motifs is 1. The summed E-state index contributed by atoms with van der Waals surface area (Å²) in [5.41, 5.74) is 0.959. The van der Waals surface area contributed by atoms with Crippen LogP contribution in [0.15, 0.2) is 24.5 Å². The Kier molecular flexibility index (Phi) is 2.68. The minimum atomic E-state index is -0.331. The minimum absolute atomic E-state index is 0.0209. The second-order valence-electron chi connectivity index (χ2n) is 7.89. The normalized spacial score (nSPS) is 34.9. The van der Waals surface area contributed by atoms with E-state index in [1.54, 1.807) is 16.7 Å². The van der Waals surface area contributed by atoms with E-state index in [4.69, 9.17) is 0 Å². The summed E-state index contributed by atoms with van der Waals surface area (Å²) in [6.45, 7) is 0. The summed E-state index contributed by atoms with van der Waals surface area (Å²) >= 11 is 0. The first-order valence-electron chi connectivity index (χ1n) is 8.55. The second-order valence-corrected chi connectivity index (χ2v) is 7.89. The average Bonchev–Trinajstić information content (AvgIpc) is 2.88. The van der Waals surface area contributed by atoms with E-state index in [9.17, 15) is 9.18 Å². The molecular formula is C18H20FN3O. The lowest BCUT2D eigenvalue weighted by molar-refractivity contribution is -0.0167. The molecule has 0 saturated heterocycles. The first-order chi connectivity index (χ1) is 11.1. The average molecular weight is 313 g/mol. The zero-order chi connectivity index (χ0) is 15.6. The van der Waals surface area contributed by atoms with Gasteiger partial charge in [-0.2, -0.15) is 0 Å². The lowest BCUT2D eigenvalue weighted by Crippen LogP contribution is -2.59. The summed E-state index contributed by atoms with van der Waals surface area (Å²) in [4.78, 5) is 17.0. The van der Waals surface area contributed by atoms with Gasteiger partial charge < -0.3 is 9.72 Å². The summed E-state index contributed by atoms with van der Waals surface area (Å²) in [6, 6.07) is 2.96. The van der Waals surface area contributed by atoms with Crippen LogP contribution in [0.2, 0.25) is 0 Å². The van der Waals surface area contributed by atoms with Gasteiger partial charge in [-0.1, -0.05) is 0 Å². The molecule has 0 spiro atoms. The number of imidazole rings is 1. The number of aromatic nitrogens is 2. The van der Waals surface area contributed by atoms with Crippen molar-refractivity contribution < 1.29 is 9.18 Å². The van der Waals surface area contributed by atoms with E-state index in [0.29, 0.717) is 11.3 Å². The number of rotatable bonds is 2. The van der Waals surface area contributed by atoms with Gasteiger partial charge in [0.25, 0.3) is 5.91 Å². The third kappa shape index (κ3) is 2.17. The van der Waals surface area contributed by atoms with Crippen LogP contribution in [0, 0.1) is 23.6 Å². The van der Waals surface area contributed by atoms with Gasteiger partial charge in [-0.25, -0.2) is 9.37 Å². The molecule has 2 aromatic heterocycles. The van der Waals surface area contributed by atoms with Crippen LogP contribution in [-0.2, 0) is 0 Å². The monoisotopic (exact) mass is 313 g/mol. The van der Waals surface area contributed by atoms with Crippen LogP contribution in [-0.4, -0.2) is 20.8 Å². The molecule has 0 aliphatic heterocycles. The van der Waals surface area contributed by atoms with Gasteiger partial charge in [0.15, 0.2) is 0 Å². The first-order valence-corrected chi connectivity index (χ1v) is 8.55. The molecule has 1 N–H and O–H groups in total. The third-order valence-electron chi connectivity index (χ3n) is 6.06.